The number of aromatic nitrogens is 3. The molecule has 2 aromatic heterocycles. The van der Waals surface area contributed by atoms with Crippen LogP contribution >= 0.6 is 0 Å². The summed E-state index contributed by atoms with van der Waals surface area (Å²) in [5.41, 5.74) is 7.43. The second-order valence-electron chi connectivity index (χ2n) is 11.8. The number of aryl methyl sites for hydroxylation is 2. The number of imidazole rings is 1. The van der Waals surface area contributed by atoms with Gasteiger partial charge in [-0.15, -0.1) is 0 Å². The largest absolute Gasteiger partial charge is 0.371 e. The van der Waals surface area contributed by atoms with E-state index in [2.05, 4.69) is 58.5 Å². The minimum atomic E-state index is -3.24. The second-order valence-corrected chi connectivity index (χ2v) is 13.8. The Labute approximate surface area is 231 Å². The number of nitrogens with zero attached hydrogens (tertiary/aromatic N) is 5. The van der Waals surface area contributed by atoms with E-state index in [0.29, 0.717) is 16.4 Å². The summed E-state index contributed by atoms with van der Waals surface area (Å²) >= 11 is 0. The third-order valence-electron chi connectivity index (χ3n) is 8.74. The molecule has 2 saturated heterocycles. The summed E-state index contributed by atoms with van der Waals surface area (Å²) in [6.45, 7) is 11.3. The Balaban J connectivity index is 1.22. The third kappa shape index (κ3) is 4.74. The molecule has 0 N–H and O–H groups in total. The van der Waals surface area contributed by atoms with Crippen LogP contribution in [0.3, 0.4) is 0 Å². The van der Waals surface area contributed by atoms with E-state index >= 15 is 0 Å². The zero-order chi connectivity index (χ0) is 27.5. The van der Waals surface area contributed by atoms with Crippen LogP contribution in [0.2, 0.25) is 0 Å². The second kappa shape index (κ2) is 9.45. The fraction of sp³-hybridized carbons (Fsp3) is 0.419. The number of likely N-dealkylation sites (tertiary alicyclic amines) is 1. The minimum absolute atomic E-state index is 0.304. The fourth-order valence-electron chi connectivity index (χ4n) is 6.17. The first-order chi connectivity index (χ1) is 18.5. The Morgan fingerprint density at radius 3 is 2.10 bits per heavy atom. The highest BCUT2D eigenvalue weighted by Crippen LogP contribution is 2.42. The smallest absolute Gasteiger partial charge is 0.175 e. The molecule has 0 aliphatic carbocycles. The van der Waals surface area contributed by atoms with Gasteiger partial charge in [0.1, 0.15) is 11.3 Å². The molecule has 7 nitrogen and oxygen atoms in total. The summed E-state index contributed by atoms with van der Waals surface area (Å²) in [6.07, 6.45) is 3.77. The predicted octanol–water partition coefficient (Wildman–Crippen LogP) is 5.32. The zero-order valence-corrected chi connectivity index (χ0v) is 24.3. The Morgan fingerprint density at radius 1 is 0.897 bits per heavy atom. The van der Waals surface area contributed by atoms with Gasteiger partial charge in [-0.25, -0.2) is 13.4 Å². The van der Waals surface area contributed by atoms with E-state index in [1.165, 1.54) is 37.9 Å². The molecule has 0 amide bonds. The quantitative estimate of drug-likeness (QED) is 0.339. The maximum Gasteiger partial charge on any atom is 0.175 e. The van der Waals surface area contributed by atoms with Crippen LogP contribution in [0, 0.1) is 12.3 Å². The van der Waals surface area contributed by atoms with Crippen molar-refractivity contribution in [2.75, 3.05) is 37.3 Å². The van der Waals surface area contributed by atoms with Gasteiger partial charge < -0.3 is 9.47 Å². The molecule has 4 aromatic rings. The highest BCUT2D eigenvalue weighted by atomic mass is 32.2. The van der Waals surface area contributed by atoms with Crippen LogP contribution in [0.1, 0.15) is 32.4 Å². The van der Waals surface area contributed by atoms with Crippen molar-refractivity contribution < 1.29 is 8.42 Å². The van der Waals surface area contributed by atoms with Gasteiger partial charge >= 0.3 is 0 Å². The first-order valence-corrected chi connectivity index (χ1v) is 15.7. The van der Waals surface area contributed by atoms with Crippen molar-refractivity contribution >= 4 is 26.6 Å². The van der Waals surface area contributed by atoms with Crippen molar-refractivity contribution in [2.45, 2.75) is 44.6 Å². The number of sulfone groups is 1. The van der Waals surface area contributed by atoms with E-state index in [4.69, 9.17) is 9.97 Å². The van der Waals surface area contributed by atoms with Gasteiger partial charge in [-0.2, -0.15) is 0 Å². The van der Waals surface area contributed by atoms with Gasteiger partial charge in [0.25, 0.3) is 0 Å². The van der Waals surface area contributed by atoms with Crippen LogP contribution in [0.4, 0.5) is 5.69 Å². The van der Waals surface area contributed by atoms with E-state index in [1.54, 1.807) is 12.1 Å². The molecule has 2 aliphatic heterocycles. The van der Waals surface area contributed by atoms with E-state index in [1.807, 2.05) is 26.1 Å². The van der Waals surface area contributed by atoms with Crippen LogP contribution < -0.4 is 4.90 Å². The van der Waals surface area contributed by atoms with Crippen molar-refractivity contribution in [3.05, 3.63) is 60.3 Å². The number of benzene rings is 2. The number of hydrogen-bond donors (Lipinski definition) is 0. The Hall–Kier alpha value is -3.23. The summed E-state index contributed by atoms with van der Waals surface area (Å²) < 4.78 is 25.8. The Bertz CT molecular complexity index is 1620. The molecule has 2 aliphatic rings. The maximum atomic E-state index is 11.9. The monoisotopic (exact) mass is 543 g/mol. The van der Waals surface area contributed by atoms with Crippen molar-refractivity contribution in [2.24, 2.45) is 12.5 Å². The molecule has 8 heteroatoms. The molecule has 1 spiro atoms. The number of hydrogen-bond acceptors (Lipinski definition) is 6. The molecular weight excluding hydrogens is 506 g/mol. The standard InChI is InChI=1S/C31H37N5O2S/c1-21(2)36-19-31(20-36)14-16-35(17-15-31)25-10-6-23(7-11-25)27-18-28-29(22(3)32-27)33-30(34(28)4)24-8-12-26(13-9-24)39(5,37)38/h6-13,18,21H,14-17,19-20H2,1-5H3. The van der Waals surface area contributed by atoms with Gasteiger partial charge in [0.15, 0.2) is 9.84 Å². The molecule has 0 atom stereocenters. The van der Waals surface area contributed by atoms with E-state index in [0.717, 1.165) is 52.5 Å². The first-order valence-electron chi connectivity index (χ1n) is 13.8. The highest BCUT2D eigenvalue weighted by Gasteiger charge is 2.45. The SMILES string of the molecule is Cc1nc(-c2ccc(N3CCC4(CC3)CN(C(C)C)C4)cc2)cc2c1nc(-c1ccc(S(C)(=O)=O)cc1)n2C. The summed E-state index contributed by atoms with van der Waals surface area (Å²) in [4.78, 5) is 15.2. The molecule has 0 radical (unpaired) electrons. The van der Waals surface area contributed by atoms with Crippen LogP contribution in [-0.2, 0) is 16.9 Å². The number of anilines is 1. The van der Waals surface area contributed by atoms with Crippen LogP contribution in [0.25, 0.3) is 33.7 Å². The fourth-order valence-corrected chi connectivity index (χ4v) is 6.80. The van der Waals surface area contributed by atoms with Crippen molar-refractivity contribution in [3.8, 4) is 22.6 Å². The lowest BCUT2D eigenvalue weighted by Crippen LogP contribution is -2.62. The lowest BCUT2D eigenvalue weighted by Gasteiger charge is -2.56. The van der Waals surface area contributed by atoms with Gasteiger partial charge in [0.05, 0.1) is 21.8 Å². The average Bonchev–Trinajstić information content (AvgIpc) is 3.24. The summed E-state index contributed by atoms with van der Waals surface area (Å²) in [5, 5.41) is 0. The lowest BCUT2D eigenvalue weighted by molar-refractivity contribution is -0.0380. The normalized spacial score (nSPS) is 17.7. The molecule has 0 saturated carbocycles. The summed E-state index contributed by atoms with van der Waals surface area (Å²) in [7, 11) is -1.25. The predicted molar refractivity (Wildman–Crippen MR) is 158 cm³/mol. The van der Waals surface area contributed by atoms with Gasteiger partial charge in [-0.1, -0.05) is 12.1 Å². The molecule has 204 valence electrons. The first kappa shape index (κ1) is 26.0. The highest BCUT2D eigenvalue weighted by molar-refractivity contribution is 7.90. The molecular formula is C31H37N5O2S. The van der Waals surface area contributed by atoms with Gasteiger partial charge in [0.2, 0.25) is 0 Å². The van der Waals surface area contributed by atoms with Gasteiger partial charge in [-0.05, 0) is 81.5 Å². The Morgan fingerprint density at radius 2 is 1.51 bits per heavy atom. The van der Waals surface area contributed by atoms with Crippen LogP contribution in [-0.4, -0.2) is 66.3 Å². The average molecular weight is 544 g/mol. The Kier molecular flexibility index (Phi) is 6.31. The molecule has 2 aromatic carbocycles. The minimum Gasteiger partial charge on any atom is -0.371 e. The van der Waals surface area contributed by atoms with Crippen molar-refractivity contribution in [1.82, 2.24) is 19.4 Å². The topological polar surface area (TPSA) is 71.3 Å². The molecule has 0 bridgehead atoms. The van der Waals surface area contributed by atoms with Crippen LogP contribution in [0.5, 0.6) is 0 Å². The molecule has 4 heterocycles. The number of piperidine rings is 1. The molecule has 2 fully saturated rings. The summed E-state index contributed by atoms with van der Waals surface area (Å²) in [6, 6.07) is 18.5. The zero-order valence-electron chi connectivity index (χ0n) is 23.5. The van der Waals surface area contributed by atoms with E-state index in [-0.39, 0.29) is 0 Å². The van der Waals surface area contributed by atoms with Crippen molar-refractivity contribution in [1.29, 1.82) is 0 Å². The summed E-state index contributed by atoms with van der Waals surface area (Å²) in [5.74, 6) is 0.785. The van der Waals surface area contributed by atoms with E-state index in [9.17, 15) is 8.42 Å². The van der Waals surface area contributed by atoms with Gasteiger partial charge in [0, 0.05) is 62.3 Å². The molecule has 6 rings (SSSR count). The number of pyridine rings is 1. The van der Waals surface area contributed by atoms with Gasteiger partial charge in [-0.3, -0.25) is 9.88 Å². The van der Waals surface area contributed by atoms with E-state index < -0.39 is 9.84 Å². The van der Waals surface area contributed by atoms with Crippen LogP contribution in [0.15, 0.2) is 59.5 Å². The maximum absolute atomic E-state index is 11.9. The lowest BCUT2D eigenvalue weighted by atomic mass is 9.71. The third-order valence-corrected chi connectivity index (χ3v) is 9.87. The number of fused-ring (bicyclic) bond motifs is 1. The number of rotatable bonds is 5. The molecule has 39 heavy (non-hydrogen) atoms. The molecule has 0 unspecified atom stereocenters. The van der Waals surface area contributed by atoms with Crippen molar-refractivity contribution in [3.63, 3.8) is 0 Å².